The first-order valence-corrected chi connectivity index (χ1v) is 24.6. The van der Waals surface area contributed by atoms with Gasteiger partial charge in [-0.2, -0.15) is 0 Å². The molecule has 0 spiro atoms. The van der Waals surface area contributed by atoms with Crippen molar-refractivity contribution in [1.29, 1.82) is 0 Å². The second kappa shape index (κ2) is 11.2. The molecule has 0 bridgehead atoms. The van der Waals surface area contributed by atoms with Crippen LogP contribution in [0.4, 0.5) is 0 Å². The summed E-state index contributed by atoms with van der Waals surface area (Å²) in [5.41, 5.74) is 17.6. The number of hydrogen-bond acceptors (Lipinski definition) is 0. The molecule has 0 aliphatic heterocycles. The van der Waals surface area contributed by atoms with Gasteiger partial charge in [0.2, 0.25) is 0 Å². The van der Waals surface area contributed by atoms with E-state index in [2.05, 4.69) is 132 Å². The molecule has 0 unspecified atom stereocenters. The maximum absolute atomic E-state index is 2.45. The van der Waals surface area contributed by atoms with E-state index < -0.39 is 23.7 Å². The van der Waals surface area contributed by atoms with E-state index in [1.807, 2.05) is 0 Å². The van der Waals surface area contributed by atoms with Crippen LogP contribution in [0.25, 0.3) is 0 Å². The van der Waals surface area contributed by atoms with E-state index in [1.54, 1.807) is 17.6 Å². The Kier molecular flexibility index (Phi) is 8.55. The molecule has 0 nitrogen and oxygen atoms in total. The van der Waals surface area contributed by atoms with Crippen LogP contribution in [0.2, 0.25) is 0 Å². The molecule has 0 N–H and O–H groups in total. The Bertz CT molecular complexity index is 1280. The van der Waals surface area contributed by atoms with Gasteiger partial charge in [0, 0.05) is 0 Å². The Hall–Kier alpha value is -2.03. The standard InChI is InChI=1S/C36H44Ge2/c1-21-13-25(5)33(26(6)14-21)37(34-27(7)15-22(2)16-28(34)8)38(35-29(9)17-23(3)18-30(35)10)36-31(11)19-24(4)20-32(36)12/h13-20H,1-12H3. The molecule has 0 radical (unpaired) electrons. The van der Waals surface area contributed by atoms with Crippen molar-refractivity contribution in [3.8, 4) is 0 Å². The zero-order valence-corrected chi connectivity index (χ0v) is 29.8. The van der Waals surface area contributed by atoms with Crippen LogP contribution < -0.4 is 17.6 Å². The Balaban J connectivity index is 2.40. The molecule has 0 saturated heterocycles. The summed E-state index contributed by atoms with van der Waals surface area (Å²) in [5, 5.41) is 0. The van der Waals surface area contributed by atoms with E-state index in [0.29, 0.717) is 0 Å². The van der Waals surface area contributed by atoms with Gasteiger partial charge in [-0.05, 0) is 0 Å². The molecule has 0 aliphatic rings. The molecule has 2 heteroatoms. The average molecular weight is 622 g/mol. The molecular formula is C36H44Ge2. The fourth-order valence-corrected chi connectivity index (χ4v) is 46.1. The van der Waals surface area contributed by atoms with Gasteiger partial charge in [0.15, 0.2) is 0 Å². The van der Waals surface area contributed by atoms with Crippen LogP contribution in [0.15, 0.2) is 48.5 Å². The van der Waals surface area contributed by atoms with Gasteiger partial charge in [0.25, 0.3) is 0 Å². The van der Waals surface area contributed by atoms with Crippen molar-refractivity contribution >= 4 is 41.3 Å². The van der Waals surface area contributed by atoms with Crippen molar-refractivity contribution in [3.63, 3.8) is 0 Å². The molecule has 0 atom stereocenters. The van der Waals surface area contributed by atoms with Crippen LogP contribution in [0.1, 0.15) is 66.8 Å². The normalized spacial score (nSPS) is 11.2. The molecule has 4 aromatic rings. The zero-order valence-electron chi connectivity index (χ0n) is 25.6. The predicted molar refractivity (Wildman–Crippen MR) is 173 cm³/mol. The van der Waals surface area contributed by atoms with Gasteiger partial charge in [-0.25, -0.2) is 0 Å². The first kappa shape index (κ1) is 29.0. The molecule has 196 valence electrons. The number of hydrogen-bond donors (Lipinski definition) is 0. The second-order valence-electron chi connectivity index (χ2n) is 11.8. The summed E-state index contributed by atoms with van der Waals surface area (Å²) in [7, 11) is 0. The summed E-state index contributed by atoms with van der Waals surface area (Å²) in [6.07, 6.45) is 0. The first-order chi connectivity index (χ1) is 17.8. The van der Waals surface area contributed by atoms with Crippen molar-refractivity contribution < 1.29 is 0 Å². The minimum absolute atomic E-state index is 1.38. The molecule has 0 amide bonds. The van der Waals surface area contributed by atoms with E-state index in [-0.39, 0.29) is 0 Å². The monoisotopic (exact) mass is 624 g/mol. The van der Waals surface area contributed by atoms with Gasteiger partial charge in [0.1, 0.15) is 0 Å². The molecule has 4 aromatic carbocycles. The fourth-order valence-electron chi connectivity index (χ4n) is 7.05. The third-order valence-corrected chi connectivity index (χ3v) is 36.2. The van der Waals surface area contributed by atoms with Crippen LogP contribution in [-0.4, -0.2) is 23.7 Å². The Morgan fingerprint density at radius 3 is 0.526 bits per heavy atom. The number of rotatable bonds is 4. The number of benzene rings is 4. The van der Waals surface area contributed by atoms with Gasteiger partial charge in [-0.15, -0.1) is 0 Å². The molecule has 0 aliphatic carbocycles. The Labute approximate surface area is 238 Å². The van der Waals surface area contributed by atoms with Gasteiger partial charge in [-0.1, -0.05) is 0 Å². The maximum atomic E-state index is 2.45. The third-order valence-electron chi connectivity index (χ3n) is 7.96. The number of aryl methyl sites for hydroxylation is 12. The Morgan fingerprint density at radius 1 is 0.263 bits per heavy atom. The van der Waals surface area contributed by atoms with Crippen LogP contribution in [0.5, 0.6) is 0 Å². The summed E-state index contributed by atoms with van der Waals surface area (Å²) in [5.74, 6) is 0. The van der Waals surface area contributed by atoms with Gasteiger partial charge < -0.3 is 0 Å². The summed E-state index contributed by atoms with van der Waals surface area (Å²) in [4.78, 5) is 0. The van der Waals surface area contributed by atoms with E-state index in [1.165, 1.54) is 66.8 Å². The van der Waals surface area contributed by atoms with Crippen molar-refractivity contribution in [2.75, 3.05) is 0 Å². The minimum atomic E-state index is -2.11. The van der Waals surface area contributed by atoms with Gasteiger partial charge in [0.05, 0.1) is 0 Å². The van der Waals surface area contributed by atoms with Crippen molar-refractivity contribution in [1.82, 2.24) is 0 Å². The van der Waals surface area contributed by atoms with E-state index in [4.69, 9.17) is 0 Å². The van der Waals surface area contributed by atoms with Crippen LogP contribution >= 0.6 is 0 Å². The fraction of sp³-hybridized carbons (Fsp3) is 0.333. The van der Waals surface area contributed by atoms with Gasteiger partial charge >= 0.3 is 240 Å². The first-order valence-electron chi connectivity index (χ1n) is 13.9. The van der Waals surface area contributed by atoms with E-state index in [0.717, 1.165) is 0 Å². The molecular weight excluding hydrogens is 578 g/mol. The van der Waals surface area contributed by atoms with E-state index in [9.17, 15) is 0 Å². The zero-order chi connectivity index (χ0) is 28.0. The molecule has 4 rings (SSSR count). The molecule has 0 heterocycles. The van der Waals surface area contributed by atoms with E-state index >= 15 is 0 Å². The summed E-state index contributed by atoms with van der Waals surface area (Å²) in [6.45, 7) is 28.1. The summed E-state index contributed by atoms with van der Waals surface area (Å²) in [6, 6.07) is 19.6. The summed E-state index contributed by atoms with van der Waals surface area (Å²) < 4.78 is 6.89. The molecule has 0 saturated carbocycles. The quantitative estimate of drug-likeness (QED) is 0.232. The molecule has 38 heavy (non-hydrogen) atoms. The van der Waals surface area contributed by atoms with Crippen LogP contribution in [0.3, 0.4) is 0 Å². The SMILES string of the molecule is Cc1cc(C)[c]([Ge]([c]2c(C)cc(C)cc2C)=[Ge]([c]2c(C)cc(C)cc2C)[c]2c(C)cc(C)cc2C)c(C)c1. The molecule has 0 fully saturated rings. The summed E-state index contributed by atoms with van der Waals surface area (Å²) >= 11 is -4.21. The van der Waals surface area contributed by atoms with Crippen molar-refractivity contribution in [3.05, 3.63) is 115 Å². The predicted octanol–water partition coefficient (Wildman–Crippen LogP) is 6.38. The van der Waals surface area contributed by atoms with Crippen LogP contribution in [0, 0.1) is 83.1 Å². The third kappa shape index (κ3) is 5.49. The van der Waals surface area contributed by atoms with Gasteiger partial charge in [-0.3, -0.25) is 0 Å². The topological polar surface area (TPSA) is 0 Å². The Morgan fingerprint density at radius 2 is 0.395 bits per heavy atom. The second-order valence-corrected chi connectivity index (χ2v) is 30.1. The van der Waals surface area contributed by atoms with Crippen LogP contribution in [-0.2, 0) is 0 Å². The molecule has 0 aromatic heterocycles. The van der Waals surface area contributed by atoms with Crippen molar-refractivity contribution in [2.45, 2.75) is 83.1 Å². The average Bonchev–Trinajstić information content (AvgIpc) is 2.74. The van der Waals surface area contributed by atoms with Crippen molar-refractivity contribution in [2.24, 2.45) is 0 Å².